The molecule has 2 heterocycles. The summed E-state index contributed by atoms with van der Waals surface area (Å²) in [7, 11) is -2.80. The lowest BCUT2D eigenvalue weighted by Crippen LogP contribution is -2.27. The van der Waals surface area contributed by atoms with Crippen molar-refractivity contribution in [2.75, 3.05) is 11.8 Å². The van der Waals surface area contributed by atoms with Crippen LogP contribution in [0.15, 0.2) is 42.9 Å². The van der Waals surface area contributed by atoms with Crippen molar-refractivity contribution in [2.24, 2.45) is 0 Å². The third-order valence-electron chi connectivity index (χ3n) is 4.92. The lowest BCUT2D eigenvalue weighted by atomic mass is 10.1. The van der Waals surface area contributed by atoms with Crippen molar-refractivity contribution in [3.63, 3.8) is 0 Å². The summed E-state index contributed by atoms with van der Waals surface area (Å²) in [6.45, 7) is 1.65. The van der Waals surface area contributed by atoms with Gasteiger partial charge in [0, 0.05) is 24.9 Å². The van der Waals surface area contributed by atoms with Gasteiger partial charge < -0.3 is 9.47 Å². The van der Waals surface area contributed by atoms with Gasteiger partial charge in [0.2, 0.25) is 5.82 Å². The van der Waals surface area contributed by atoms with Crippen molar-refractivity contribution in [1.82, 2.24) is 14.7 Å². The van der Waals surface area contributed by atoms with Gasteiger partial charge >= 0.3 is 0 Å². The summed E-state index contributed by atoms with van der Waals surface area (Å²) < 4.78 is 67.7. The molecule has 8 nitrogen and oxygen atoms in total. The molecule has 1 saturated carbocycles. The fraction of sp³-hybridized carbons (Fsp3) is 0.238. The molecule has 1 fully saturated rings. The molecule has 32 heavy (non-hydrogen) atoms. The van der Waals surface area contributed by atoms with E-state index in [-0.39, 0.29) is 23.0 Å². The lowest BCUT2D eigenvalue weighted by Gasteiger charge is -2.14. The van der Waals surface area contributed by atoms with Gasteiger partial charge in [-0.15, -0.1) is 0 Å². The van der Waals surface area contributed by atoms with Gasteiger partial charge in [0.1, 0.15) is 0 Å². The van der Waals surface area contributed by atoms with E-state index in [1.54, 1.807) is 13.0 Å². The number of anilines is 1. The Bertz CT molecular complexity index is 1270. The molecule has 1 aliphatic rings. The maximum Gasteiger partial charge on any atom is 0.300 e. The van der Waals surface area contributed by atoms with Crippen LogP contribution < -0.4 is 18.9 Å². The molecule has 4 rings (SSSR count). The van der Waals surface area contributed by atoms with E-state index in [1.807, 2.05) is 15.5 Å². The van der Waals surface area contributed by atoms with Gasteiger partial charge in [-0.2, -0.15) is 12.8 Å². The molecular formula is C21H20F2N4O4S. The molecule has 0 spiro atoms. The van der Waals surface area contributed by atoms with Crippen LogP contribution in [0.3, 0.4) is 0 Å². The average Bonchev–Trinajstić information content (AvgIpc) is 3.60. The van der Waals surface area contributed by atoms with Crippen LogP contribution in [0, 0.1) is 18.6 Å². The molecule has 0 saturated heterocycles. The number of halogens is 2. The van der Waals surface area contributed by atoms with Crippen molar-refractivity contribution in [2.45, 2.75) is 25.7 Å². The molecule has 1 aliphatic carbocycles. The SMILES string of the molecule is CNS(=O)(=O)Nc1nccc(Oc2cncc(Oc3ccc(C4CC4)cc3F)c2C)c1F. The van der Waals surface area contributed by atoms with Crippen LogP contribution in [0.25, 0.3) is 0 Å². The normalized spacial score (nSPS) is 13.6. The Kier molecular flexibility index (Phi) is 5.94. The Morgan fingerprint density at radius 2 is 1.72 bits per heavy atom. The minimum absolute atomic E-state index is 0.0373. The van der Waals surface area contributed by atoms with Crippen LogP contribution in [0.1, 0.15) is 29.9 Å². The summed E-state index contributed by atoms with van der Waals surface area (Å²) in [6.07, 6.45) is 6.04. The highest BCUT2D eigenvalue weighted by atomic mass is 32.2. The molecule has 0 aliphatic heterocycles. The molecular weight excluding hydrogens is 442 g/mol. The van der Waals surface area contributed by atoms with Crippen molar-refractivity contribution in [1.29, 1.82) is 0 Å². The third-order valence-corrected chi connectivity index (χ3v) is 5.92. The van der Waals surface area contributed by atoms with Gasteiger partial charge in [-0.25, -0.2) is 14.1 Å². The summed E-state index contributed by atoms with van der Waals surface area (Å²) in [5.74, 6) is -1.49. The summed E-state index contributed by atoms with van der Waals surface area (Å²) in [5.41, 5.74) is 1.39. The number of rotatable bonds is 8. The standard InChI is InChI=1S/C21H20F2N4O4S/c1-12-18(30-16-6-5-14(9-15(16)22)13-3-4-13)10-25-11-19(12)31-17-7-8-26-21(20(17)23)27-32(28,29)24-2/h5-11,13,24H,3-4H2,1-2H3,(H,26,27). The van der Waals surface area contributed by atoms with Crippen molar-refractivity contribution < 1.29 is 26.7 Å². The first-order valence-corrected chi connectivity index (χ1v) is 11.2. The molecule has 3 aromatic rings. The molecule has 1 aromatic carbocycles. The highest BCUT2D eigenvalue weighted by molar-refractivity contribution is 7.90. The molecule has 11 heteroatoms. The quantitative estimate of drug-likeness (QED) is 0.514. The minimum Gasteiger partial charge on any atom is -0.452 e. The second kappa shape index (κ2) is 8.67. The topological polar surface area (TPSA) is 102 Å². The molecule has 0 bridgehead atoms. The van der Waals surface area contributed by atoms with Gasteiger partial charge in [0.05, 0.1) is 12.4 Å². The molecule has 168 valence electrons. The van der Waals surface area contributed by atoms with Crippen LogP contribution in [0.4, 0.5) is 14.6 Å². The maximum atomic E-state index is 14.7. The van der Waals surface area contributed by atoms with Gasteiger partial charge in [0.15, 0.2) is 34.6 Å². The second-order valence-electron chi connectivity index (χ2n) is 7.21. The van der Waals surface area contributed by atoms with Crippen LogP contribution in [0.5, 0.6) is 23.0 Å². The van der Waals surface area contributed by atoms with E-state index in [0.717, 1.165) is 18.4 Å². The van der Waals surface area contributed by atoms with Gasteiger partial charge in [-0.05, 0) is 43.4 Å². The first kappa shape index (κ1) is 21.9. The lowest BCUT2D eigenvalue weighted by molar-refractivity contribution is 0.416. The van der Waals surface area contributed by atoms with Crippen molar-refractivity contribution in [3.05, 3.63) is 65.6 Å². The number of benzene rings is 1. The predicted octanol–water partition coefficient (Wildman–Crippen LogP) is 4.40. The molecule has 2 aromatic heterocycles. The van der Waals surface area contributed by atoms with E-state index < -0.39 is 27.7 Å². The first-order chi connectivity index (χ1) is 15.3. The fourth-order valence-electron chi connectivity index (χ4n) is 2.96. The maximum absolute atomic E-state index is 14.7. The third kappa shape index (κ3) is 4.78. The van der Waals surface area contributed by atoms with Gasteiger partial charge in [-0.1, -0.05) is 6.07 Å². The molecule has 0 unspecified atom stereocenters. The van der Waals surface area contributed by atoms with Crippen LogP contribution >= 0.6 is 0 Å². The van der Waals surface area contributed by atoms with Crippen molar-refractivity contribution in [3.8, 4) is 23.0 Å². The first-order valence-electron chi connectivity index (χ1n) is 9.73. The van der Waals surface area contributed by atoms with Gasteiger partial charge in [-0.3, -0.25) is 9.71 Å². The van der Waals surface area contributed by atoms with Crippen molar-refractivity contribution >= 4 is 16.0 Å². The number of pyridine rings is 2. The number of ether oxygens (including phenoxy) is 2. The largest absolute Gasteiger partial charge is 0.452 e. The van der Waals surface area contributed by atoms with Crippen LogP contribution in [0.2, 0.25) is 0 Å². The van der Waals surface area contributed by atoms with E-state index in [4.69, 9.17) is 9.47 Å². The Labute approximate surface area is 183 Å². The minimum atomic E-state index is -3.97. The molecule has 0 radical (unpaired) electrons. The van der Waals surface area contributed by atoms with Gasteiger partial charge in [0.25, 0.3) is 10.2 Å². The summed E-state index contributed by atoms with van der Waals surface area (Å²) >= 11 is 0. The number of hydrogen-bond acceptors (Lipinski definition) is 6. The van der Waals surface area contributed by atoms with E-state index in [0.29, 0.717) is 11.5 Å². The van der Waals surface area contributed by atoms with Crippen LogP contribution in [-0.4, -0.2) is 25.4 Å². The zero-order valence-electron chi connectivity index (χ0n) is 17.2. The highest BCUT2D eigenvalue weighted by Gasteiger charge is 2.25. The number of hydrogen-bond donors (Lipinski definition) is 2. The monoisotopic (exact) mass is 462 g/mol. The van der Waals surface area contributed by atoms with E-state index in [2.05, 4.69) is 9.97 Å². The zero-order valence-corrected chi connectivity index (χ0v) is 18.0. The highest BCUT2D eigenvalue weighted by Crippen LogP contribution is 2.42. The summed E-state index contributed by atoms with van der Waals surface area (Å²) in [4.78, 5) is 7.69. The Morgan fingerprint density at radius 3 is 2.34 bits per heavy atom. The second-order valence-corrected chi connectivity index (χ2v) is 8.83. The van der Waals surface area contributed by atoms with Crippen LogP contribution in [-0.2, 0) is 10.2 Å². The molecule has 2 N–H and O–H groups in total. The van der Waals surface area contributed by atoms with E-state index in [9.17, 15) is 17.2 Å². The fourth-order valence-corrected chi connectivity index (χ4v) is 3.45. The Hall–Kier alpha value is -3.31. The molecule has 0 amide bonds. The average molecular weight is 462 g/mol. The number of nitrogens with one attached hydrogen (secondary N) is 2. The number of nitrogens with zero attached hydrogens (tertiary/aromatic N) is 2. The predicted molar refractivity (Wildman–Crippen MR) is 113 cm³/mol. The Balaban J connectivity index is 1.57. The smallest absolute Gasteiger partial charge is 0.300 e. The van der Waals surface area contributed by atoms with E-state index >= 15 is 0 Å². The number of aromatic nitrogens is 2. The zero-order chi connectivity index (χ0) is 22.9. The summed E-state index contributed by atoms with van der Waals surface area (Å²) in [5, 5.41) is 0. The Morgan fingerprint density at radius 1 is 1.03 bits per heavy atom. The molecule has 0 atom stereocenters. The van der Waals surface area contributed by atoms with E-state index in [1.165, 1.54) is 37.8 Å². The summed E-state index contributed by atoms with van der Waals surface area (Å²) in [6, 6.07) is 6.10.